The van der Waals surface area contributed by atoms with Gasteiger partial charge in [0.25, 0.3) is 0 Å². The number of benzene rings is 1. The van der Waals surface area contributed by atoms with Gasteiger partial charge in [-0.3, -0.25) is 9.58 Å². The van der Waals surface area contributed by atoms with Gasteiger partial charge in [-0.2, -0.15) is 5.10 Å². The number of nitrogens with zero attached hydrogens (tertiary/aromatic N) is 3. The lowest BCUT2D eigenvalue weighted by Gasteiger charge is -2.34. The van der Waals surface area contributed by atoms with E-state index in [-0.39, 0.29) is 11.3 Å². The highest BCUT2D eigenvalue weighted by atomic mass is 32.2. The largest absolute Gasteiger partial charge is 0.497 e. The summed E-state index contributed by atoms with van der Waals surface area (Å²) in [5.74, 6) is 0.845. The quantitative estimate of drug-likeness (QED) is 0.793. The summed E-state index contributed by atoms with van der Waals surface area (Å²) in [6, 6.07) is 10.1. The van der Waals surface area contributed by atoms with Crippen molar-refractivity contribution in [2.45, 2.75) is 37.2 Å². The van der Waals surface area contributed by atoms with Crippen LogP contribution in [0.2, 0.25) is 0 Å². The van der Waals surface area contributed by atoms with Crippen LogP contribution in [0.15, 0.2) is 36.5 Å². The van der Waals surface area contributed by atoms with E-state index in [1.165, 1.54) is 5.56 Å². The molecular weight excluding hydrogens is 352 g/mol. The Morgan fingerprint density at radius 2 is 2.00 bits per heavy atom. The van der Waals surface area contributed by atoms with Crippen molar-refractivity contribution in [3.05, 3.63) is 47.8 Å². The Morgan fingerprint density at radius 1 is 1.23 bits per heavy atom. The van der Waals surface area contributed by atoms with Crippen molar-refractivity contribution in [2.75, 3.05) is 20.2 Å². The van der Waals surface area contributed by atoms with Crippen molar-refractivity contribution in [1.29, 1.82) is 0 Å². The SMILES string of the molecule is COc1ccc(CN2Cc3ccnn3[C@@H](CNS(=O)(=O)C3CC3)C2)cc1. The first-order valence-corrected chi connectivity index (χ1v) is 10.5. The molecule has 2 aliphatic rings. The van der Waals surface area contributed by atoms with Crippen LogP contribution in [0, 0.1) is 0 Å². The van der Waals surface area contributed by atoms with Crippen LogP contribution >= 0.6 is 0 Å². The van der Waals surface area contributed by atoms with Gasteiger partial charge in [0.2, 0.25) is 10.0 Å². The maximum Gasteiger partial charge on any atom is 0.214 e. The highest BCUT2D eigenvalue weighted by Gasteiger charge is 2.36. The number of sulfonamides is 1. The third-order valence-corrected chi connectivity index (χ3v) is 6.92. The lowest BCUT2D eigenvalue weighted by Crippen LogP contribution is -2.43. The third kappa shape index (κ3) is 3.77. The van der Waals surface area contributed by atoms with Gasteiger partial charge in [-0.1, -0.05) is 12.1 Å². The summed E-state index contributed by atoms with van der Waals surface area (Å²) in [7, 11) is -1.52. The smallest absolute Gasteiger partial charge is 0.214 e. The van der Waals surface area contributed by atoms with Crippen molar-refractivity contribution in [3.63, 3.8) is 0 Å². The van der Waals surface area contributed by atoms with Crippen molar-refractivity contribution in [3.8, 4) is 5.75 Å². The number of nitrogens with one attached hydrogen (secondary N) is 1. The van der Waals surface area contributed by atoms with Crippen LogP contribution in [0.3, 0.4) is 0 Å². The second-order valence-electron chi connectivity index (χ2n) is 7.03. The molecule has 0 unspecified atom stereocenters. The molecule has 1 aliphatic carbocycles. The van der Waals surface area contributed by atoms with Crippen LogP contribution in [-0.2, 0) is 23.1 Å². The molecule has 0 radical (unpaired) electrons. The lowest BCUT2D eigenvalue weighted by molar-refractivity contribution is 0.168. The molecule has 2 heterocycles. The molecule has 1 aromatic heterocycles. The van der Waals surface area contributed by atoms with Gasteiger partial charge in [0.1, 0.15) is 5.75 Å². The average molecular weight is 376 g/mol. The van der Waals surface area contributed by atoms with Crippen molar-refractivity contribution in [2.24, 2.45) is 0 Å². The van der Waals surface area contributed by atoms with Gasteiger partial charge in [-0.05, 0) is 36.6 Å². The summed E-state index contributed by atoms with van der Waals surface area (Å²) in [4.78, 5) is 2.33. The Bertz CT molecular complexity index is 859. The van der Waals surface area contributed by atoms with Crippen LogP contribution in [0.25, 0.3) is 0 Å². The van der Waals surface area contributed by atoms with Crippen LogP contribution in [0.4, 0.5) is 0 Å². The molecule has 1 N–H and O–H groups in total. The van der Waals surface area contributed by atoms with E-state index < -0.39 is 10.0 Å². The number of hydrogen-bond donors (Lipinski definition) is 1. The standard InChI is InChI=1S/C18H24N4O3S/c1-25-17-4-2-14(3-5-17)11-21-12-15-8-9-19-22(15)16(13-21)10-20-26(23,24)18-6-7-18/h2-5,8-9,16,18,20H,6-7,10-13H2,1H3/t16-/m0/s1. The molecule has 0 saturated heterocycles. The first-order valence-electron chi connectivity index (χ1n) is 8.91. The summed E-state index contributed by atoms with van der Waals surface area (Å²) in [5, 5.41) is 4.21. The van der Waals surface area contributed by atoms with E-state index in [0.717, 1.165) is 43.9 Å². The molecule has 26 heavy (non-hydrogen) atoms. The van der Waals surface area contributed by atoms with Crippen molar-refractivity contribution >= 4 is 10.0 Å². The zero-order chi connectivity index (χ0) is 18.1. The molecule has 1 aromatic carbocycles. The van der Waals surface area contributed by atoms with E-state index in [2.05, 4.69) is 26.9 Å². The number of ether oxygens (including phenoxy) is 1. The zero-order valence-electron chi connectivity index (χ0n) is 14.8. The fourth-order valence-electron chi connectivity index (χ4n) is 3.43. The molecule has 8 heteroatoms. The Kier molecular flexibility index (Phi) is 4.73. The Labute approximate surface area is 154 Å². The minimum Gasteiger partial charge on any atom is -0.497 e. The summed E-state index contributed by atoms with van der Waals surface area (Å²) < 4.78 is 34.3. The van der Waals surface area contributed by atoms with E-state index in [0.29, 0.717) is 6.54 Å². The molecule has 140 valence electrons. The molecule has 1 fully saturated rings. The second kappa shape index (κ2) is 7.02. The molecule has 0 spiro atoms. The zero-order valence-corrected chi connectivity index (χ0v) is 15.7. The highest BCUT2D eigenvalue weighted by Crippen LogP contribution is 2.28. The average Bonchev–Trinajstić information content (AvgIpc) is 3.40. The molecule has 7 nitrogen and oxygen atoms in total. The third-order valence-electron chi connectivity index (χ3n) is 5.00. The molecule has 2 aromatic rings. The molecule has 0 amide bonds. The fourth-order valence-corrected chi connectivity index (χ4v) is 4.85. The molecule has 1 atom stereocenters. The van der Waals surface area contributed by atoms with E-state index in [4.69, 9.17) is 4.74 Å². The minimum atomic E-state index is -3.18. The molecule has 1 aliphatic heterocycles. The molecule has 1 saturated carbocycles. The van der Waals surface area contributed by atoms with Crippen LogP contribution in [0.1, 0.15) is 30.1 Å². The molecular formula is C18H24N4O3S. The maximum atomic E-state index is 12.2. The van der Waals surface area contributed by atoms with E-state index >= 15 is 0 Å². The topological polar surface area (TPSA) is 76.5 Å². The molecule has 0 bridgehead atoms. The minimum absolute atomic E-state index is 0.000485. The number of rotatable bonds is 7. The Hall–Kier alpha value is -1.90. The van der Waals surface area contributed by atoms with E-state index in [9.17, 15) is 8.42 Å². The number of fused-ring (bicyclic) bond motifs is 1. The van der Waals surface area contributed by atoms with Crippen molar-refractivity contribution < 1.29 is 13.2 Å². The number of hydrogen-bond acceptors (Lipinski definition) is 5. The van der Waals surface area contributed by atoms with Crippen LogP contribution in [0.5, 0.6) is 5.75 Å². The predicted octanol–water partition coefficient (Wildman–Crippen LogP) is 1.53. The predicted molar refractivity (Wildman–Crippen MR) is 98.3 cm³/mol. The summed E-state index contributed by atoms with van der Waals surface area (Å²) in [5.41, 5.74) is 2.32. The fraction of sp³-hybridized carbons (Fsp3) is 0.500. The van der Waals surface area contributed by atoms with Gasteiger partial charge in [-0.15, -0.1) is 0 Å². The number of methoxy groups -OCH3 is 1. The Morgan fingerprint density at radius 3 is 2.69 bits per heavy atom. The van der Waals surface area contributed by atoms with Gasteiger partial charge < -0.3 is 4.74 Å². The maximum absolute atomic E-state index is 12.2. The highest BCUT2D eigenvalue weighted by molar-refractivity contribution is 7.90. The van der Waals surface area contributed by atoms with Gasteiger partial charge in [0, 0.05) is 32.4 Å². The van der Waals surface area contributed by atoms with Crippen molar-refractivity contribution in [1.82, 2.24) is 19.4 Å². The van der Waals surface area contributed by atoms with Gasteiger partial charge in [0.05, 0.1) is 24.1 Å². The normalized spacial score (nSPS) is 20.7. The van der Waals surface area contributed by atoms with Gasteiger partial charge >= 0.3 is 0 Å². The van der Waals surface area contributed by atoms with E-state index in [1.54, 1.807) is 13.3 Å². The first kappa shape index (κ1) is 17.5. The second-order valence-corrected chi connectivity index (χ2v) is 9.08. The molecule has 4 rings (SSSR count). The van der Waals surface area contributed by atoms with E-state index in [1.807, 2.05) is 22.9 Å². The lowest BCUT2D eigenvalue weighted by atomic mass is 10.1. The van der Waals surface area contributed by atoms with Crippen LogP contribution < -0.4 is 9.46 Å². The Balaban J connectivity index is 1.44. The summed E-state index contributed by atoms with van der Waals surface area (Å²) in [6.07, 6.45) is 3.34. The summed E-state index contributed by atoms with van der Waals surface area (Å²) in [6.45, 7) is 2.75. The van der Waals surface area contributed by atoms with Gasteiger partial charge in [-0.25, -0.2) is 13.1 Å². The van der Waals surface area contributed by atoms with Crippen LogP contribution in [-0.4, -0.2) is 48.5 Å². The van der Waals surface area contributed by atoms with Gasteiger partial charge in [0.15, 0.2) is 0 Å². The monoisotopic (exact) mass is 376 g/mol. The number of aromatic nitrogens is 2. The first-order chi connectivity index (χ1) is 12.5. The summed E-state index contributed by atoms with van der Waals surface area (Å²) >= 11 is 0.